The van der Waals surface area contributed by atoms with Crippen molar-refractivity contribution in [3.63, 3.8) is 0 Å². The highest BCUT2D eigenvalue weighted by Crippen LogP contribution is 2.24. The number of sulfonamides is 1. The third kappa shape index (κ3) is 3.26. The Morgan fingerprint density at radius 2 is 2.05 bits per heavy atom. The van der Waals surface area contributed by atoms with Crippen molar-refractivity contribution < 1.29 is 8.42 Å². The molecule has 114 valence electrons. The van der Waals surface area contributed by atoms with Crippen LogP contribution >= 0.6 is 0 Å². The minimum Gasteiger partial charge on any atom is -0.305 e. The molecule has 1 heterocycles. The van der Waals surface area contributed by atoms with Crippen molar-refractivity contribution in [2.75, 3.05) is 26.7 Å². The fourth-order valence-corrected chi connectivity index (χ4v) is 4.71. The molecule has 1 aliphatic rings. The second-order valence-corrected chi connectivity index (χ2v) is 7.53. The maximum absolute atomic E-state index is 12.9. The lowest BCUT2D eigenvalue weighted by Gasteiger charge is -2.27. The fraction of sp³-hybridized carbons (Fsp3) is 0.533. The third-order valence-corrected chi connectivity index (χ3v) is 6.05. The van der Waals surface area contributed by atoms with E-state index in [1.807, 2.05) is 20.0 Å². The first kappa shape index (κ1) is 16.0. The molecule has 0 aromatic heterocycles. The van der Waals surface area contributed by atoms with Crippen LogP contribution in [0.5, 0.6) is 0 Å². The lowest BCUT2D eigenvalue weighted by atomic mass is 10.2. The molecule has 5 nitrogen and oxygen atoms in total. The normalized spacial score (nSPS) is 21.7. The van der Waals surface area contributed by atoms with Gasteiger partial charge in [-0.1, -0.05) is 0 Å². The first-order valence-corrected chi connectivity index (χ1v) is 8.51. The highest BCUT2D eigenvalue weighted by molar-refractivity contribution is 7.89. The number of hydrogen-bond donors (Lipinski definition) is 0. The Balaban J connectivity index is 2.39. The summed E-state index contributed by atoms with van der Waals surface area (Å²) in [6.07, 6.45) is 0.829. The Kier molecular flexibility index (Phi) is 4.67. The van der Waals surface area contributed by atoms with Gasteiger partial charge in [-0.15, -0.1) is 0 Å². The van der Waals surface area contributed by atoms with Gasteiger partial charge in [0, 0.05) is 19.1 Å². The molecule has 2 rings (SSSR count). The number of benzene rings is 1. The van der Waals surface area contributed by atoms with Crippen molar-refractivity contribution >= 4 is 10.0 Å². The van der Waals surface area contributed by atoms with Gasteiger partial charge in [0.25, 0.3) is 0 Å². The van der Waals surface area contributed by atoms with Gasteiger partial charge in [-0.25, -0.2) is 8.42 Å². The molecule has 1 fully saturated rings. The zero-order chi connectivity index (χ0) is 15.6. The Bertz CT molecular complexity index is 664. The average molecular weight is 307 g/mol. The number of hydrogen-bond acceptors (Lipinski definition) is 4. The van der Waals surface area contributed by atoms with Gasteiger partial charge in [0.05, 0.1) is 16.5 Å². The SMILES string of the molecule is Cc1cc(C#N)ccc1S(=O)(=O)N1CCCN(C)CC1C. The van der Waals surface area contributed by atoms with Crippen LogP contribution in [0.3, 0.4) is 0 Å². The largest absolute Gasteiger partial charge is 0.305 e. The summed E-state index contributed by atoms with van der Waals surface area (Å²) in [5.74, 6) is 0. The molecule has 1 saturated heterocycles. The highest BCUT2D eigenvalue weighted by atomic mass is 32.2. The van der Waals surface area contributed by atoms with E-state index in [1.165, 1.54) is 0 Å². The second-order valence-electron chi connectivity index (χ2n) is 5.67. The van der Waals surface area contributed by atoms with Gasteiger partial charge in [0.15, 0.2) is 0 Å². The Morgan fingerprint density at radius 3 is 2.67 bits per heavy atom. The molecule has 0 amide bonds. The lowest BCUT2D eigenvalue weighted by Crippen LogP contribution is -2.42. The highest BCUT2D eigenvalue weighted by Gasteiger charge is 2.32. The van der Waals surface area contributed by atoms with Crippen molar-refractivity contribution in [2.45, 2.75) is 31.2 Å². The first-order valence-electron chi connectivity index (χ1n) is 7.07. The number of nitrogens with zero attached hydrogens (tertiary/aromatic N) is 3. The summed E-state index contributed by atoms with van der Waals surface area (Å²) in [6.45, 7) is 5.85. The molecule has 0 bridgehead atoms. The van der Waals surface area contributed by atoms with Crippen molar-refractivity contribution in [1.82, 2.24) is 9.21 Å². The molecular formula is C15H21N3O2S. The summed E-state index contributed by atoms with van der Waals surface area (Å²) in [5, 5.41) is 8.90. The molecule has 6 heteroatoms. The summed E-state index contributed by atoms with van der Waals surface area (Å²) in [6, 6.07) is 6.71. The van der Waals surface area contributed by atoms with E-state index in [-0.39, 0.29) is 6.04 Å². The molecule has 1 unspecified atom stereocenters. The van der Waals surface area contributed by atoms with Crippen LogP contribution in [0.15, 0.2) is 23.1 Å². The van der Waals surface area contributed by atoms with Crippen LogP contribution in [-0.2, 0) is 10.0 Å². The fourth-order valence-electron chi connectivity index (χ4n) is 2.84. The van der Waals surface area contributed by atoms with Crippen molar-refractivity contribution in [3.8, 4) is 6.07 Å². The zero-order valence-corrected chi connectivity index (χ0v) is 13.5. The summed E-state index contributed by atoms with van der Waals surface area (Å²) < 4.78 is 27.4. The first-order chi connectivity index (χ1) is 9.86. The topological polar surface area (TPSA) is 64.4 Å². The molecular weight excluding hydrogens is 286 g/mol. The Morgan fingerprint density at radius 1 is 1.33 bits per heavy atom. The van der Waals surface area contributed by atoms with Crippen LogP contribution in [0, 0.1) is 18.3 Å². The molecule has 0 N–H and O–H groups in total. The number of nitriles is 1. The second kappa shape index (κ2) is 6.14. The van der Waals surface area contributed by atoms with Gasteiger partial charge in [-0.05, 0) is 57.6 Å². The van der Waals surface area contributed by atoms with E-state index < -0.39 is 10.0 Å². The van der Waals surface area contributed by atoms with E-state index in [9.17, 15) is 8.42 Å². The van der Waals surface area contributed by atoms with Crippen LogP contribution in [0.2, 0.25) is 0 Å². The maximum Gasteiger partial charge on any atom is 0.243 e. The summed E-state index contributed by atoms with van der Waals surface area (Å²) in [7, 11) is -1.50. The molecule has 1 atom stereocenters. The molecule has 1 aromatic rings. The minimum absolute atomic E-state index is 0.0578. The van der Waals surface area contributed by atoms with Crippen molar-refractivity contribution in [1.29, 1.82) is 5.26 Å². The van der Waals surface area contributed by atoms with E-state index in [1.54, 1.807) is 29.4 Å². The number of likely N-dealkylation sites (N-methyl/N-ethyl adjacent to an activating group) is 1. The van der Waals surface area contributed by atoms with Crippen LogP contribution in [0.1, 0.15) is 24.5 Å². The molecule has 0 spiro atoms. The minimum atomic E-state index is -3.52. The monoisotopic (exact) mass is 307 g/mol. The number of rotatable bonds is 2. The molecule has 0 aliphatic carbocycles. The lowest BCUT2D eigenvalue weighted by molar-refractivity contribution is 0.290. The van der Waals surface area contributed by atoms with Gasteiger partial charge in [0.1, 0.15) is 0 Å². The van der Waals surface area contributed by atoms with Crippen molar-refractivity contribution in [3.05, 3.63) is 29.3 Å². The molecule has 21 heavy (non-hydrogen) atoms. The molecule has 1 aromatic carbocycles. The van der Waals surface area contributed by atoms with E-state index >= 15 is 0 Å². The van der Waals surface area contributed by atoms with Gasteiger partial charge in [-0.2, -0.15) is 9.57 Å². The average Bonchev–Trinajstić information content (AvgIpc) is 2.59. The van der Waals surface area contributed by atoms with Gasteiger partial charge < -0.3 is 4.90 Å². The van der Waals surface area contributed by atoms with Crippen LogP contribution in [-0.4, -0.2) is 50.3 Å². The Labute approximate surface area is 126 Å². The standard InChI is InChI=1S/C15H21N3O2S/c1-12-9-14(10-16)5-6-15(12)21(19,20)18-8-4-7-17(3)11-13(18)2/h5-6,9,13H,4,7-8,11H2,1-3H3. The zero-order valence-electron chi connectivity index (χ0n) is 12.7. The van der Waals surface area contributed by atoms with E-state index in [0.717, 1.165) is 19.5 Å². The summed E-state index contributed by atoms with van der Waals surface area (Å²) in [4.78, 5) is 2.46. The Hall–Kier alpha value is -1.42. The van der Waals surface area contributed by atoms with E-state index in [4.69, 9.17) is 5.26 Å². The predicted molar refractivity (Wildman–Crippen MR) is 81.4 cm³/mol. The third-order valence-electron chi connectivity index (χ3n) is 3.88. The van der Waals surface area contributed by atoms with E-state index in [2.05, 4.69) is 4.90 Å². The summed E-state index contributed by atoms with van der Waals surface area (Å²) >= 11 is 0. The van der Waals surface area contributed by atoms with Gasteiger partial charge >= 0.3 is 0 Å². The summed E-state index contributed by atoms with van der Waals surface area (Å²) in [5.41, 5.74) is 1.11. The molecule has 0 radical (unpaired) electrons. The van der Waals surface area contributed by atoms with Gasteiger partial charge in [0.2, 0.25) is 10.0 Å². The van der Waals surface area contributed by atoms with Crippen LogP contribution in [0.25, 0.3) is 0 Å². The predicted octanol–water partition coefficient (Wildman–Crippen LogP) is 1.58. The smallest absolute Gasteiger partial charge is 0.243 e. The quantitative estimate of drug-likeness (QED) is 0.832. The van der Waals surface area contributed by atoms with Crippen LogP contribution < -0.4 is 0 Å². The van der Waals surface area contributed by atoms with Crippen LogP contribution in [0.4, 0.5) is 0 Å². The molecule has 0 saturated carbocycles. The number of aryl methyl sites for hydroxylation is 1. The molecule has 1 aliphatic heterocycles. The maximum atomic E-state index is 12.9. The van der Waals surface area contributed by atoms with Crippen molar-refractivity contribution in [2.24, 2.45) is 0 Å². The van der Waals surface area contributed by atoms with Gasteiger partial charge in [-0.3, -0.25) is 0 Å². The van der Waals surface area contributed by atoms with E-state index in [0.29, 0.717) is 22.6 Å².